The first-order valence-electron chi connectivity index (χ1n) is 9.65. The second-order valence-electron chi connectivity index (χ2n) is 6.91. The van der Waals surface area contributed by atoms with Gasteiger partial charge in [-0.15, -0.1) is 16.4 Å². The van der Waals surface area contributed by atoms with Crippen LogP contribution in [0, 0.1) is 6.92 Å². The Morgan fingerprint density at radius 2 is 2.09 bits per heavy atom. The lowest BCUT2D eigenvalue weighted by Gasteiger charge is -2.18. The quantitative estimate of drug-likeness (QED) is 0.329. The molecular formula is C22H20ClN5O2S2. The molecule has 0 radical (unpaired) electrons. The molecule has 7 nitrogen and oxygen atoms in total. The Morgan fingerprint density at radius 1 is 1.25 bits per heavy atom. The van der Waals surface area contributed by atoms with Gasteiger partial charge in [0.1, 0.15) is 5.75 Å². The Bertz CT molecular complexity index is 1260. The molecule has 1 amide bonds. The molecule has 0 atom stereocenters. The number of rotatable bonds is 7. The highest BCUT2D eigenvalue weighted by Gasteiger charge is 2.18. The highest BCUT2D eigenvalue weighted by molar-refractivity contribution is 7.98. The van der Waals surface area contributed by atoms with Crippen molar-refractivity contribution in [3.8, 4) is 17.1 Å². The van der Waals surface area contributed by atoms with Crippen LogP contribution in [0.15, 0.2) is 53.0 Å². The van der Waals surface area contributed by atoms with Crippen molar-refractivity contribution in [1.29, 1.82) is 0 Å². The fraction of sp³-hybridized carbons (Fsp3) is 0.182. The number of ether oxygens (including phenoxy) is 1. The maximum Gasteiger partial charge on any atom is 0.230 e. The molecule has 2 heterocycles. The molecule has 164 valence electrons. The number of benzene rings is 2. The van der Waals surface area contributed by atoms with Gasteiger partial charge in [-0.05, 0) is 42.8 Å². The van der Waals surface area contributed by atoms with Crippen LogP contribution in [0.5, 0.6) is 5.75 Å². The van der Waals surface area contributed by atoms with Crippen LogP contribution in [0.25, 0.3) is 11.4 Å². The van der Waals surface area contributed by atoms with Crippen molar-refractivity contribution in [2.24, 2.45) is 0 Å². The third-order valence-corrected chi connectivity index (χ3v) is 6.53. The molecule has 0 fully saturated rings. The van der Waals surface area contributed by atoms with Crippen molar-refractivity contribution >= 4 is 51.4 Å². The minimum Gasteiger partial charge on any atom is -0.496 e. The first-order chi connectivity index (χ1) is 15.4. The number of carbonyl (C=O) groups is 1. The first kappa shape index (κ1) is 22.3. The van der Waals surface area contributed by atoms with E-state index in [9.17, 15) is 4.79 Å². The van der Waals surface area contributed by atoms with Crippen molar-refractivity contribution in [1.82, 2.24) is 20.2 Å². The van der Waals surface area contributed by atoms with E-state index in [-0.39, 0.29) is 5.91 Å². The van der Waals surface area contributed by atoms with Crippen molar-refractivity contribution in [3.63, 3.8) is 0 Å². The Labute approximate surface area is 198 Å². The second-order valence-corrected chi connectivity index (χ2v) is 9.13. The summed E-state index contributed by atoms with van der Waals surface area (Å²) >= 11 is 9.00. The molecule has 0 aliphatic heterocycles. The van der Waals surface area contributed by atoms with Gasteiger partial charge in [-0.25, -0.2) is 9.97 Å². The number of halogens is 1. The van der Waals surface area contributed by atoms with Gasteiger partial charge in [-0.1, -0.05) is 35.5 Å². The van der Waals surface area contributed by atoms with Crippen LogP contribution in [0.3, 0.4) is 0 Å². The number of methoxy groups -OCH3 is 1. The summed E-state index contributed by atoms with van der Waals surface area (Å²) in [5.41, 5.74) is 3.48. The summed E-state index contributed by atoms with van der Waals surface area (Å²) in [4.78, 5) is 23.1. The molecule has 10 heteroatoms. The van der Waals surface area contributed by atoms with Crippen molar-refractivity contribution < 1.29 is 9.53 Å². The lowest BCUT2D eigenvalue weighted by Crippen LogP contribution is -2.22. The number of hydrogen-bond acceptors (Lipinski definition) is 7. The third kappa shape index (κ3) is 4.95. The minimum atomic E-state index is -0.0850. The van der Waals surface area contributed by atoms with Gasteiger partial charge in [0.15, 0.2) is 11.0 Å². The molecule has 4 aromatic rings. The number of hydrogen-bond donors (Lipinski definition) is 1. The Morgan fingerprint density at radius 3 is 2.84 bits per heavy atom. The van der Waals surface area contributed by atoms with Crippen LogP contribution in [0.4, 0.5) is 10.8 Å². The SMILES string of the molecule is COc1ccc(Cl)cc1-c1nc(SCc2csc(N(C(C)=O)c3cccc(C)c3)n2)n[nH]1. The number of anilines is 2. The Kier molecular flexibility index (Phi) is 6.78. The monoisotopic (exact) mass is 485 g/mol. The van der Waals surface area contributed by atoms with Gasteiger partial charge in [-0.2, -0.15) is 0 Å². The summed E-state index contributed by atoms with van der Waals surface area (Å²) in [5, 5.41) is 11.0. The number of aromatic nitrogens is 4. The summed E-state index contributed by atoms with van der Waals surface area (Å²) in [5.74, 6) is 1.72. The molecule has 2 aromatic heterocycles. The number of aryl methyl sites for hydroxylation is 1. The molecule has 0 spiro atoms. The van der Waals surface area contributed by atoms with Gasteiger partial charge in [0.05, 0.1) is 24.1 Å². The van der Waals surface area contributed by atoms with Crippen LogP contribution in [-0.4, -0.2) is 33.2 Å². The normalized spacial score (nSPS) is 10.9. The number of amides is 1. The molecule has 0 aliphatic carbocycles. The van der Waals surface area contributed by atoms with Gasteiger partial charge in [0.25, 0.3) is 0 Å². The summed E-state index contributed by atoms with van der Waals surface area (Å²) in [6.45, 7) is 3.54. The van der Waals surface area contributed by atoms with Crippen LogP contribution in [0.2, 0.25) is 5.02 Å². The molecule has 0 unspecified atom stereocenters. The summed E-state index contributed by atoms with van der Waals surface area (Å²) in [6.07, 6.45) is 0. The van der Waals surface area contributed by atoms with E-state index in [1.807, 2.05) is 36.6 Å². The number of thiazole rings is 1. The highest BCUT2D eigenvalue weighted by Crippen LogP contribution is 2.33. The lowest BCUT2D eigenvalue weighted by atomic mass is 10.2. The number of carbonyl (C=O) groups excluding carboxylic acids is 1. The predicted molar refractivity (Wildman–Crippen MR) is 129 cm³/mol. The van der Waals surface area contributed by atoms with Gasteiger partial charge in [0.2, 0.25) is 11.1 Å². The standard InChI is InChI=1S/C22H20ClN5O2S2/c1-13-5-4-6-17(9-13)28(14(2)29)22-24-16(12-32-22)11-31-21-25-20(26-27-21)18-10-15(23)7-8-19(18)30-3/h4-10,12H,11H2,1-3H3,(H,25,26,27). The van der Waals surface area contributed by atoms with E-state index in [1.54, 1.807) is 30.2 Å². The molecule has 0 saturated heterocycles. The number of aromatic amines is 1. The van der Waals surface area contributed by atoms with Crippen LogP contribution in [-0.2, 0) is 10.5 Å². The largest absolute Gasteiger partial charge is 0.496 e. The summed E-state index contributed by atoms with van der Waals surface area (Å²) in [6, 6.07) is 13.1. The van der Waals surface area contributed by atoms with E-state index in [0.717, 1.165) is 22.5 Å². The summed E-state index contributed by atoms with van der Waals surface area (Å²) in [7, 11) is 1.60. The number of H-pyrrole nitrogens is 1. The predicted octanol–water partition coefficient (Wildman–Crippen LogP) is 5.88. The van der Waals surface area contributed by atoms with Crippen molar-refractivity contribution in [3.05, 3.63) is 64.1 Å². The van der Waals surface area contributed by atoms with Crippen molar-refractivity contribution in [2.45, 2.75) is 24.8 Å². The number of nitrogens with zero attached hydrogens (tertiary/aromatic N) is 4. The topological polar surface area (TPSA) is 84.0 Å². The van der Waals surface area contributed by atoms with E-state index >= 15 is 0 Å². The summed E-state index contributed by atoms with van der Waals surface area (Å²) < 4.78 is 5.39. The molecular weight excluding hydrogens is 466 g/mol. The third-order valence-electron chi connectivity index (χ3n) is 4.54. The molecule has 0 saturated carbocycles. The molecule has 2 aromatic carbocycles. The number of thioether (sulfide) groups is 1. The molecule has 1 N–H and O–H groups in total. The van der Waals surface area contributed by atoms with Gasteiger partial charge >= 0.3 is 0 Å². The highest BCUT2D eigenvalue weighted by atomic mass is 35.5. The minimum absolute atomic E-state index is 0.0850. The van der Waals surface area contributed by atoms with Crippen LogP contribution >= 0.6 is 34.7 Å². The second kappa shape index (κ2) is 9.72. The fourth-order valence-electron chi connectivity index (χ4n) is 3.09. The first-order valence-corrected chi connectivity index (χ1v) is 11.9. The average molecular weight is 486 g/mol. The molecule has 0 bridgehead atoms. The van der Waals surface area contributed by atoms with E-state index in [4.69, 9.17) is 16.3 Å². The van der Waals surface area contributed by atoms with Crippen LogP contribution < -0.4 is 9.64 Å². The molecule has 0 aliphatic rings. The van der Waals surface area contributed by atoms with E-state index in [2.05, 4.69) is 20.2 Å². The fourth-order valence-corrected chi connectivity index (χ4v) is 4.95. The molecule has 32 heavy (non-hydrogen) atoms. The van der Waals surface area contributed by atoms with Crippen molar-refractivity contribution in [2.75, 3.05) is 12.0 Å². The zero-order chi connectivity index (χ0) is 22.7. The van der Waals surface area contributed by atoms with E-state index in [1.165, 1.54) is 30.0 Å². The van der Waals surface area contributed by atoms with Crippen LogP contribution in [0.1, 0.15) is 18.2 Å². The van der Waals surface area contributed by atoms with E-state index < -0.39 is 0 Å². The van der Waals surface area contributed by atoms with Gasteiger partial charge in [-0.3, -0.25) is 14.8 Å². The average Bonchev–Trinajstić information content (AvgIpc) is 3.42. The Balaban J connectivity index is 1.48. The zero-order valence-corrected chi connectivity index (χ0v) is 20.0. The maximum absolute atomic E-state index is 12.3. The molecule has 4 rings (SSSR count). The number of nitrogens with one attached hydrogen (secondary N) is 1. The van der Waals surface area contributed by atoms with Gasteiger partial charge in [0, 0.05) is 23.1 Å². The lowest BCUT2D eigenvalue weighted by molar-refractivity contribution is -0.115. The zero-order valence-electron chi connectivity index (χ0n) is 17.6. The maximum atomic E-state index is 12.3. The van der Waals surface area contributed by atoms with Gasteiger partial charge < -0.3 is 4.74 Å². The van der Waals surface area contributed by atoms with E-state index in [0.29, 0.717) is 32.6 Å². The Hall–Kier alpha value is -2.88. The smallest absolute Gasteiger partial charge is 0.230 e.